The number of benzene rings is 1. The summed E-state index contributed by atoms with van der Waals surface area (Å²) in [4.78, 5) is 24.8. The quantitative estimate of drug-likeness (QED) is 0.381. The largest absolute Gasteiger partial charge is 0.490 e. The molecular weight excluding hydrogens is 410 g/mol. The predicted octanol–water partition coefficient (Wildman–Crippen LogP) is 3.50. The monoisotopic (exact) mass is 433 g/mol. The molecule has 0 unspecified atom stereocenters. The van der Waals surface area contributed by atoms with Crippen LogP contribution in [0.2, 0.25) is 5.02 Å². The number of anilines is 1. The normalized spacial score (nSPS) is 10.9. The van der Waals surface area contributed by atoms with Crippen LogP contribution in [0.15, 0.2) is 24.8 Å². The Balaban J connectivity index is 1.60. The van der Waals surface area contributed by atoms with Crippen LogP contribution in [0.5, 0.6) is 11.5 Å². The van der Waals surface area contributed by atoms with E-state index in [2.05, 4.69) is 15.0 Å². The number of aromatic nitrogens is 4. The van der Waals surface area contributed by atoms with Gasteiger partial charge in [0.05, 0.1) is 36.7 Å². The molecule has 30 heavy (non-hydrogen) atoms. The molecule has 0 atom stereocenters. The molecule has 0 radical (unpaired) electrons. The van der Waals surface area contributed by atoms with E-state index in [1.807, 2.05) is 18.4 Å². The SMILES string of the molecule is CCCOc1c(Cl)cc(C(=O)OCCCn2cnc3c(N)ncnc32)cc1OCC. The number of nitrogens with two attached hydrogens (primary N) is 1. The molecule has 0 aliphatic carbocycles. The Bertz CT molecular complexity index is 1020. The first-order chi connectivity index (χ1) is 14.5. The fourth-order valence-corrected chi connectivity index (χ4v) is 3.10. The molecule has 0 fully saturated rings. The summed E-state index contributed by atoms with van der Waals surface area (Å²) in [7, 11) is 0. The number of hydrogen-bond donors (Lipinski definition) is 1. The van der Waals surface area contributed by atoms with E-state index in [4.69, 9.17) is 31.5 Å². The van der Waals surface area contributed by atoms with Crippen molar-refractivity contribution in [3.8, 4) is 11.5 Å². The average Bonchev–Trinajstić information content (AvgIpc) is 3.15. The third-order valence-electron chi connectivity index (χ3n) is 4.20. The number of halogens is 1. The van der Waals surface area contributed by atoms with Gasteiger partial charge < -0.3 is 24.5 Å². The van der Waals surface area contributed by atoms with E-state index >= 15 is 0 Å². The highest BCUT2D eigenvalue weighted by molar-refractivity contribution is 6.32. The van der Waals surface area contributed by atoms with Gasteiger partial charge in [-0.15, -0.1) is 0 Å². The molecular formula is C20H24ClN5O4. The molecule has 0 amide bonds. The summed E-state index contributed by atoms with van der Waals surface area (Å²) in [6.07, 6.45) is 4.44. The van der Waals surface area contributed by atoms with Gasteiger partial charge in [-0.25, -0.2) is 19.7 Å². The lowest BCUT2D eigenvalue weighted by atomic mass is 10.2. The van der Waals surface area contributed by atoms with E-state index in [1.54, 1.807) is 12.4 Å². The zero-order chi connectivity index (χ0) is 21.5. The molecule has 0 spiro atoms. The average molecular weight is 434 g/mol. The van der Waals surface area contributed by atoms with Crippen molar-refractivity contribution in [1.82, 2.24) is 19.5 Å². The van der Waals surface area contributed by atoms with Crippen LogP contribution >= 0.6 is 11.6 Å². The van der Waals surface area contributed by atoms with E-state index in [1.165, 1.54) is 12.4 Å². The molecule has 2 heterocycles. The minimum absolute atomic E-state index is 0.217. The second kappa shape index (κ2) is 10.1. The summed E-state index contributed by atoms with van der Waals surface area (Å²) < 4.78 is 18.5. The maximum absolute atomic E-state index is 12.5. The second-order valence-corrected chi connectivity index (χ2v) is 6.83. The smallest absolute Gasteiger partial charge is 0.338 e. The van der Waals surface area contributed by atoms with Crippen LogP contribution in [-0.4, -0.2) is 45.3 Å². The number of carbonyl (C=O) groups excluding carboxylic acids is 1. The fourth-order valence-electron chi connectivity index (χ4n) is 2.84. The van der Waals surface area contributed by atoms with Crippen molar-refractivity contribution in [2.75, 3.05) is 25.6 Å². The number of nitrogens with zero attached hydrogens (tertiary/aromatic N) is 4. The van der Waals surface area contributed by atoms with Crippen molar-refractivity contribution in [2.24, 2.45) is 0 Å². The van der Waals surface area contributed by atoms with Crippen molar-refractivity contribution < 1.29 is 19.0 Å². The van der Waals surface area contributed by atoms with Crippen LogP contribution in [-0.2, 0) is 11.3 Å². The number of carbonyl (C=O) groups is 1. The van der Waals surface area contributed by atoms with Gasteiger partial charge in [0, 0.05) is 6.54 Å². The zero-order valence-electron chi connectivity index (χ0n) is 16.9. The Morgan fingerprint density at radius 3 is 2.77 bits per heavy atom. The Kier molecular flexibility index (Phi) is 7.29. The molecule has 0 aliphatic rings. The molecule has 1 aromatic carbocycles. The standard InChI is InChI=1S/C20H24ClN5O4/c1-3-7-29-17-14(21)9-13(10-15(17)28-4-2)20(27)30-8-5-6-26-12-25-16-18(22)23-11-24-19(16)26/h9-12H,3-8H2,1-2H3,(H2,22,23,24). The maximum Gasteiger partial charge on any atom is 0.338 e. The van der Waals surface area contributed by atoms with Crippen LogP contribution in [0.25, 0.3) is 11.2 Å². The number of esters is 1. The molecule has 3 rings (SSSR count). The number of rotatable bonds is 10. The molecule has 10 heteroatoms. The van der Waals surface area contributed by atoms with E-state index in [-0.39, 0.29) is 6.61 Å². The van der Waals surface area contributed by atoms with Gasteiger partial charge in [0.25, 0.3) is 0 Å². The Hall–Kier alpha value is -3.07. The van der Waals surface area contributed by atoms with Crippen molar-refractivity contribution in [2.45, 2.75) is 33.2 Å². The predicted molar refractivity (Wildman–Crippen MR) is 113 cm³/mol. The van der Waals surface area contributed by atoms with E-state index in [0.717, 1.165) is 6.42 Å². The minimum atomic E-state index is -0.484. The highest BCUT2D eigenvalue weighted by Gasteiger charge is 2.17. The first-order valence-electron chi connectivity index (χ1n) is 9.72. The topological polar surface area (TPSA) is 114 Å². The minimum Gasteiger partial charge on any atom is -0.490 e. The Morgan fingerprint density at radius 2 is 2.00 bits per heavy atom. The summed E-state index contributed by atoms with van der Waals surface area (Å²) in [6.45, 7) is 5.55. The summed E-state index contributed by atoms with van der Waals surface area (Å²) >= 11 is 6.30. The van der Waals surface area contributed by atoms with Crippen LogP contribution in [0.1, 0.15) is 37.0 Å². The van der Waals surface area contributed by atoms with Crippen LogP contribution in [0, 0.1) is 0 Å². The highest BCUT2D eigenvalue weighted by Crippen LogP contribution is 2.37. The number of ether oxygens (including phenoxy) is 3. The van der Waals surface area contributed by atoms with E-state index in [0.29, 0.717) is 65.2 Å². The van der Waals surface area contributed by atoms with Crippen molar-refractivity contribution in [3.63, 3.8) is 0 Å². The molecule has 160 valence electrons. The number of nitrogen functional groups attached to an aromatic ring is 1. The number of aryl methyl sites for hydroxylation is 1. The van der Waals surface area contributed by atoms with Crippen molar-refractivity contribution in [1.29, 1.82) is 0 Å². The number of fused-ring (bicyclic) bond motifs is 1. The van der Waals surface area contributed by atoms with E-state index < -0.39 is 5.97 Å². The molecule has 0 saturated heterocycles. The van der Waals surface area contributed by atoms with Gasteiger partial charge in [-0.3, -0.25) is 0 Å². The Morgan fingerprint density at radius 1 is 1.17 bits per heavy atom. The van der Waals surface area contributed by atoms with Gasteiger partial charge in [-0.2, -0.15) is 0 Å². The second-order valence-electron chi connectivity index (χ2n) is 6.43. The van der Waals surface area contributed by atoms with Gasteiger partial charge in [-0.1, -0.05) is 18.5 Å². The Labute approximate surface area is 179 Å². The van der Waals surface area contributed by atoms with Crippen LogP contribution in [0.3, 0.4) is 0 Å². The molecule has 9 nitrogen and oxygen atoms in total. The molecule has 2 N–H and O–H groups in total. The van der Waals surface area contributed by atoms with Crippen molar-refractivity contribution >= 4 is 34.6 Å². The maximum atomic E-state index is 12.5. The lowest BCUT2D eigenvalue weighted by Crippen LogP contribution is -2.10. The van der Waals surface area contributed by atoms with Gasteiger partial charge in [0.15, 0.2) is 23.0 Å². The summed E-state index contributed by atoms with van der Waals surface area (Å²) in [5.74, 6) is 0.707. The van der Waals surface area contributed by atoms with Gasteiger partial charge >= 0.3 is 5.97 Å². The summed E-state index contributed by atoms with van der Waals surface area (Å²) in [6, 6.07) is 3.12. The first-order valence-corrected chi connectivity index (χ1v) is 10.1. The molecule has 0 aliphatic heterocycles. The molecule has 0 bridgehead atoms. The summed E-state index contributed by atoms with van der Waals surface area (Å²) in [5.41, 5.74) is 7.29. The molecule has 2 aromatic heterocycles. The van der Waals surface area contributed by atoms with Crippen LogP contribution < -0.4 is 15.2 Å². The summed E-state index contributed by atoms with van der Waals surface area (Å²) in [5, 5.41) is 0.309. The third kappa shape index (κ3) is 4.91. The molecule has 0 saturated carbocycles. The highest BCUT2D eigenvalue weighted by atomic mass is 35.5. The van der Waals surface area contributed by atoms with Gasteiger partial charge in [-0.05, 0) is 31.9 Å². The van der Waals surface area contributed by atoms with Gasteiger partial charge in [0.1, 0.15) is 11.8 Å². The lowest BCUT2D eigenvalue weighted by Gasteiger charge is -2.14. The zero-order valence-corrected chi connectivity index (χ0v) is 17.7. The third-order valence-corrected chi connectivity index (χ3v) is 4.48. The van der Waals surface area contributed by atoms with E-state index in [9.17, 15) is 4.79 Å². The van der Waals surface area contributed by atoms with Gasteiger partial charge in [0.2, 0.25) is 0 Å². The van der Waals surface area contributed by atoms with Crippen LogP contribution in [0.4, 0.5) is 5.82 Å². The van der Waals surface area contributed by atoms with Crippen molar-refractivity contribution in [3.05, 3.63) is 35.4 Å². The fraction of sp³-hybridized carbons (Fsp3) is 0.400. The lowest BCUT2D eigenvalue weighted by molar-refractivity contribution is 0.0495. The number of hydrogen-bond acceptors (Lipinski definition) is 8. The first kappa shape index (κ1) is 21.6. The molecule has 3 aromatic rings. The number of imidazole rings is 1.